The van der Waals surface area contributed by atoms with Gasteiger partial charge in [-0.3, -0.25) is 14.4 Å². The van der Waals surface area contributed by atoms with Gasteiger partial charge in [-0.15, -0.1) is 10.2 Å². The predicted molar refractivity (Wildman–Crippen MR) is 112 cm³/mol. The molecule has 0 radical (unpaired) electrons. The molecule has 1 aromatic carbocycles. The second-order valence-electron chi connectivity index (χ2n) is 6.85. The van der Waals surface area contributed by atoms with Gasteiger partial charge < -0.3 is 0 Å². The van der Waals surface area contributed by atoms with Gasteiger partial charge in [0.1, 0.15) is 6.04 Å². The fraction of sp³-hybridized carbons (Fsp3) is 0.471. The molecule has 0 bridgehead atoms. The minimum absolute atomic E-state index is 0.176. The van der Waals surface area contributed by atoms with Crippen molar-refractivity contribution in [3.8, 4) is 0 Å². The Bertz CT molecular complexity index is 993. The van der Waals surface area contributed by atoms with Crippen LogP contribution in [0.25, 0.3) is 0 Å². The van der Waals surface area contributed by atoms with Gasteiger partial charge in [0.2, 0.25) is 21.1 Å². The molecule has 0 saturated carbocycles. The first-order valence-corrected chi connectivity index (χ1v) is 12.4. The zero-order valence-electron chi connectivity index (χ0n) is 16.6. The highest BCUT2D eigenvalue weighted by Gasteiger charge is 2.34. The summed E-state index contributed by atoms with van der Waals surface area (Å²) in [5.74, 6) is 0.512. The van der Waals surface area contributed by atoms with Crippen molar-refractivity contribution < 1.29 is 26.4 Å². The van der Waals surface area contributed by atoms with E-state index in [0.29, 0.717) is 20.6 Å². The molecule has 0 aliphatic rings. The maximum absolute atomic E-state index is 13.0. The smallest absolute Gasteiger partial charge is 0.299 e. The molecule has 1 atom stereocenters. The van der Waals surface area contributed by atoms with Gasteiger partial charge in [0.15, 0.2) is 4.34 Å². The van der Waals surface area contributed by atoms with Crippen LogP contribution in [-0.4, -0.2) is 42.6 Å². The van der Waals surface area contributed by atoms with Crippen LogP contribution >= 0.6 is 23.1 Å². The summed E-state index contributed by atoms with van der Waals surface area (Å²) in [5, 5.41) is 10.5. The molecule has 0 aliphatic heterocycles. The number of amides is 1. The van der Waals surface area contributed by atoms with Crippen LogP contribution in [0, 0.1) is 5.92 Å². The van der Waals surface area contributed by atoms with E-state index in [0.717, 1.165) is 35.5 Å². The molecule has 166 valence electrons. The van der Waals surface area contributed by atoms with Gasteiger partial charge in [-0.2, -0.15) is 13.2 Å². The minimum atomic E-state index is -4.65. The number of nitrogens with one attached hydrogen (secondary N) is 1. The van der Waals surface area contributed by atoms with Crippen molar-refractivity contribution in [3.05, 3.63) is 29.8 Å². The largest absolute Gasteiger partial charge is 0.416 e. The van der Waals surface area contributed by atoms with Crippen LogP contribution in [0.4, 0.5) is 24.0 Å². The summed E-state index contributed by atoms with van der Waals surface area (Å²) in [7, 11) is -4.06. The number of aromatic nitrogens is 2. The predicted octanol–water partition coefficient (Wildman–Crippen LogP) is 4.10. The molecule has 2 rings (SSSR count). The van der Waals surface area contributed by atoms with E-state index in [-0.39, 0.29) is 10.8 Å². The molecular formula is C17H21F3N4O3S3. The van der Waals surface area contributed by atoms with Gasteiger partial charge in [0, 0.05) is 5.75 Å². The van der Waals surface area contributed by atoms with Gasteiger partial charge in [-0.05, 0) is 31.0 Å². The highest BCUT2D eigenvalue weighted by molar-refractivity contribution is 8.01. The summed E-state index contributed by atoms with van der Waals surface area (Å²) < 4.78 is 64.9. The molecule has 0 unspecified atom stereocenters. The number of hydrogen-bond donors (Lipinski definition) is 1. The average molecular weight is 483 g/mol. The van der Waals surface area contributed by atoms with Crippen LogP contribution in [0.3, 0.4) is 0 Å². The second-order valence-corrected chi connectivity index (χ2v) is 11.0. The summed E-state index contributed by atoms with van der Waals surface area (Å²) in [6, 6.07) is 2.48. The Morgan fingerprint density at radius 2 is 1.93 bits per heavy atom. The molecule has 1 aromatic heterocycles. The third kappa shape index (κ3) is 6.57. The third-order valence-electron chi connectivity index (χ3n) is 3.69. The Morgan fingerprint density at radius 3 is 2.50 bits per heavy atom. The van der Waals surface area contributed by atoms with Crippen molar-refractivity contribution in [1.29, 1.82) is 0 Å². The number of sulfonamides is 1. The number of anilines is 2. The fourth-order valence-corrected chi connectivity index (χ4v) is 5.29. The molecule has 0 spiro atoms. The summed E-state index contributed by atoms with van der Waals surface area (Å²) in [6.07, 6.45) is -3.83. The lowest BCUT2D eigenvalue weighted by molar-refractivity contribution is -0.137. The number of thioether (sulfide) groups is 1. The second kappa shape index (κ2) is 9.52. The lowest BCUT2D eigenvalue weighted by Gasteiger charge is -2.28. The van der Waals surface area contributed by atoms with Crippen LogP contribution in [-0.2, 0) is 21.0 Å². The molecule has 2 aromatic rings. The Kier molecular flexibility index (Phi) is 7.74. The van der Waals surface area contributed by atoms with E-state index in [4.69, 9.17) is 0 Å². The Morgan fingerprint density at radius 1 is 1.27 bits per heavy atom. The summed E-state index contributed by atoms with van der Waals surface area (Å²) in [5.41, 5.74) is -1.28. The van der Waals surface area contributed by atoms with Crippen LogP contribution in [0.15, 0.2) is 28.6 Å². The van der Waals surface area contributed by atoms with Crippen LogP contribution in [0.1, 0.15) is 26.3 Å². The molecule has 7 nitrogen and oxygen atoms in total. The topological polar surface area (TPSA) is 92.3 Å². The first-order valence-electron chi connectivity index (χ1n) is 8.73. The van der Waals surface area contributed by atoms with E-state index in [1.165, 1.54) is 24.8 Å². The zero-order valence-corrected chi connectivity index (χ0v) is 19.0. The van der Waals surface area contributed by atoms with E-state index >= 15 is 0 Å². The lowest BCUT2D eigenvalue weighted by Crippen LogP contribution is -2.45. The number of benzene rings is 1. The minimum Gasteiger partial charge on any atom is -0.299 e. The SMILES string of the molecule is CC(C)CSc1nnc(NC(=O)[C@@H](C)N(c2cccc(C(F)(F)F)c2)S(C)(=O)=O)s1. The summed E-state index contributed by atoms with van der Waals surface area (Å²) in [4.78, 5) is 12.6. The first kappa shape index (κ1) is 24.4. The van der Waals surface area contributed by atoms with E-state index < -0.39 is 33.7 Å². The maximum Gasteiger partial charge on any atom is 0.416 e. The average Bonchev–Trinajstić information content (AvgIpc) is 3.05. The lowest BCUT2D eigenvalue weighted by atomic mass is 10.2. The van der Waals surface area contributed by atoms with Crippen LogP contribution < -0.4 is 9.62 Å². The van der Waals surface area contributed by atoms with Crippen molar-refractivity contribution in [2.24, 2.45) is 5.92 Å². The number of nitrogens with zero attached hydrogens (tertiary/aromatic N) is 3. The monoisotopic (exact) mass is 482 g/mol. The Labute approximate surface area is 181 Å². The highest BCUT2D eigenvalue weighted by atomic mass is 32.2. The van der Waals surface area contributed by atoms with Gasteiger partial charge in [-0.25, -0.2) is 8.42 Å². The van der Waals surface area contributed by atoms with Gasteiger partial charge in [0.05, 0.1) is 17.5 Å². The number of hydrogen-bond acceptors (Lipinski definition) is 7. The molecule has 1 heterocycles. The van der Waals surface area contributed by atoms with Gasteiger partial charge in [0.25, 0.3) is 0 Å². The zero-order chi connectivity index (χ0) is 22.7. The van der Waals surface area contributed by atoms with Gasteiger partial charge in [-0.1, -0.05) is 43.0 Å². The van der Waals surface area contributed by atoms with E-state index in [2.05, 4.69) is 15.5 Å². The van der Waals surface area contributed by atoms with Crippen molar-refractivity contribution in [3.63, 3.8) is 0 Å². The maximum atomic E-state index is 13.0. The van der Waals surface area contributed by atoms with E-state index in [1.54, 1.807) is 0 Å². The van der Waals surface area contributed by atoms with Crippen molar-refractivity contribution in [2.45, 2.75) is 37.3 Å². The quantitative estimate of drug-likeness (QED) is 0.450. The Hall–Kier alpha value is -1.86. The molecule has 1 N–H and O–H groups in total. The van der Waals surface area contributed by atoms with Crippen molar-refractivity contribution >= 4 is 49.8 Å². The van der Waals surface area contributed by atoms with E-state index in [1.807, 2.05) is 13.8 Å². The standard InChI is InChI=1S/C17H21F3N4O3S3/c1-10(2)9-28-16-23-22-15(29-16)21-14(25)11(3)24(30(4,26)27)13-7-5-6-12(8-13)17(18,19)20/h5-8,10-11H,9H2,1-4H3,(H,21,22,25)/t11-/m1/s1. The molecule has 1 amide bonds. The number of carbonyl (C=O) groups is 1. The van der Waals surface area contributed by atoms with Crippen molar-refractivity contribution in [1.82, 2.24) is 10.2 Å². The number of rotatable bonds is 8. The van der Waals surface area contributed by atoms with Crippen molar-refractivity contribution in [2.75, 3.05) is 21.6 Å². The number of halogens is 3. The summed E-state index contributed by atoms with van der Waals surface area (Å²) >= 11 is 2.61. The molecule has 0 aliphatic carbocycles. The first-order chi connectivity index (χ1) is 13.8. The molecular weight excluding hydrogens is 461 g/mol. The fourth-order valence-electron chi connectivity index (χ4n) is 2.39. The van der Waals surface area contributed by atoms with E-state index in [9.17, 15) is 26.4 Å². The molecule has 30 heavy (non-hydrogen) atoms. The highest BCUT2D eigenvalue weighted by Crippen LogP contribution is 2.33. The van der Waals surface area contributed by atoms with Gasteiger partial charge >= 0.3 is 6.18 Å². The third-order valence-corrected chi connectivity index (χ3v) is 7.33. The summed E-state index contributed by atoms with van der Waals surface area (Å²) in [6.45, 7) is 5.38. The molecule has 13 heteroatoms. The molecule has 0 saturated heterocycles. The van der Waals surface area contributed by atoms with Crippen LogP contribution in [0.5, 0.6) is 0 Å². The number of alkyl halides is 3. The normalized spacial score (nSPS) is 13.3. The molecule has 0 fully saturated rings. The Balaban J connectivity index is 2.24. The van der Waals surface area contributed by atoms with Crippen LogP contribution in [0.2, 0.25) is 0 Å². The number of carbonyl (C=O) groups excluding carboxylic acids is 1.